The van der Waals surface area contributed by atoms with E-state index in [1.54, 1.807) is 23.1 Å². The van der Waals surface area contributed by atoms with Crippen LogP contribution in [0.5, 0.6) is 0 Å². The lowest BCUT2D eigenvalue weighted by Gasteiger charge is -2.11. The van der Waals surface area contributed by atoms with Gasteiger partial charge in [0.2, 0.25) is 0 Å². The van der Waals surface area contributed by atoms with Crippen LogP contribution in [0.4, 0.5) is 0 Å². The standard InChI is InChI=1S/C14H16OS2/c1-10-5-3-4-6-14(10)17-9-13(15)12-7-8-16-11(12)2/h3-8,13,15H,9H2,1-2H3. The molecule has 2 aromatic rings. The van der Waals surface area contributed by atoms with Crippen LogP contribution >= 0.6 is 23.1 Å². The third-order valence-corrected chi connectivity index (χ3v) is 4.86. The molecular weight excluding hydrogens is 248 g/mol. The number of aryl methyl sites for hydroxylation is 2. The topological polar surface area (TPSA) is 20.2 Å². The van der Waals surface area contributed by atoms with Crippen molar-refractivity contribution >= 4 is 23.1 Å². The van der Waals surface area contributed by atoms with E-state index in [4.69, 9.17) is 0 Å². The van der Waals surface area contributed by atoms with Gasteiger partial charge in [-0.05, 0) is 42.5 Å². The fourth-order valence-electron chi connectivity index (χ4n) is 1.72. The van der Waals surface area contributed by atoms with Gasteiger partial charge in [-0.1, -0.05) is 18.2 Å². The molecule has 1 unspecified atom stereocenters. The Morgan fingerprint density at radius 2 is 2.00 bits per heavy atom. The summed E-state index contributed by atoms with van der Waals surface area (Å²) in [5, 5.41) is 12.2. The summed E-state index contributed by atoms with van der Waals surface area (Å²) < 4.78 is 0. The zero-order chi connectivity index (χ0) is 12.3. The summed E-state index contributed by atoms with van der Waals surface area (Å²) in [6, 6.07) is 10.3. The number of aliphatic hydroxyl groups excluding tert-OH is 1. The fraction of sp³-hybridized carbons (Fsp3) is 0.286. The number of hydrogen-bond acceptors (Lipinski definition) is 3. The van der Waals surface area contributed by atoms with Crippen molar-refractivity contribution in [2.75, 3.05) is 5.75 Å². The molecule has 17 heavy (non-hydrogen) atoms. The summed E-state index contributed by atoms with van der Waals surface area (Å²) in [6.45, 7) is 4.16. The van der Waals surface area contributed by atoms with Crippen molar-refractivity contribution in [3.63, 3.8) is 0 Å². The number of rotatable bonds is 4. The summed E-state index contributed by atoms with van der Waals surface area (Å²) in [6.07, 6.45) is -0.370. The Kier molecular flexibility index (Phi) is 4.26. The van der Waals surface area contributed by atoms with E-state index in [-0.39, 0.29) is 6.10 Å². The van der Waals surface area contributed by atoms with Gasteiger partial charge in [0.25, 0.3) is 0 Å². The molecule has 0 saturated heterocycles. The van der Waals surface area contributed by atoms with Crippen LogP contribution in [-0.4, -0.2) is 10.9 Å². The number of benzene rings is 1. The normalized spacial score (nSPS) is 12.6. The molecule has 0 saturated carbocycles. The summed E-state index contributed by atoms with van der Waals surface area (Å²) in [5.41, 5.74) is 2.34. The number of aliphatic hydroxyl groups is 1. The van der Waals surface area contributed by atoms with Gasteiger partial charge >= 0.3 is 0 Å². The number of hydrogen-bond donors (Lipinski definition) is 1. The molecule has 1 aromatic heterocycles. The van der Waals surface area contributed by atoms with Crippen molar-refractivity contribution in [3.8, 4) is 0 Å². The van der Waals surface area contributed by atoms with Crippen molar-refractivity contribution in [2.45, 2.75) is 24.8 Å². The molecular formula is C14H16OS2. The van der Waals surface area contributed by atoms with Crippen molar-refractivity contribution in [1.82, 2.24) is 0 Å². The molecule has 3 heteroatoms. The maximum absolute atomic E-state index is 10.1. The van der Waals surface area contributed by atoms with Gasteiger partial charge in [0.15, 0.2) is 0 Å². The van der Waals surface area contributed by atoms with Gasteiger partial charge in [0.1, 0.15) is 0 Å². The molecule has 1 atom stereocenters. The molecule has 1 nitrogen and oxygen atoms in total. The average molecular weight is 264 g/mol. The predicted molar refractivity (Wildman–Crippen MR) is 75.9 cm³/mol. The molecule has 0 aliphatic rings. The molecule has 0 spiro atoms. The van der Waals surface area contributed by atoms with Crippen molar-refractivity contribution in [2.24, 2.45) is 0 Å². The third-order valence-electron chi connectivity index (χ3n) is 2.75. The predicted octanol–water partition coefficient (Wildman–Crippen LogP) is 4.19. The van der Waals surface area contributed by atoms with Crippen molar-refractivity contribution < 1.29 is 5.11 Å². The Labute approximate surface area is 111 Å². The first kappa shape index (κ1) is 12.7. The lowest BCUT2D eigenvalue weighted by molar-refractivity contribution is 0.204. The van der Waals surface area contributed by atoms with Crippen LogP contribution in [0.2, 0.25) is 0 Å². The number of thiophene rings is 1. The summed E-state index contributed by atoms with van der Waals surface area (Å²) in [7, 11) is 0. The SMILES string of the molecule is Cc1ccccc1SCC(O)c1ccsc1C. The maximum atomic E-state index is 10.1. The van der Waals surface area contributed by atoms with Gasteiger partial charge in [-0.2, -0.15) is 0 Å². The molecule has 1 aromatic carbocycles. The molecule has 0 bridgehead atoms. The first-order chi connectivity index (χ1) is 8.18. The van der Waals surface area contributed by atoms with Crippen LogP contribution in [0.3, 0.4) is 0 Å². The highest BCUT2D eigenvalue weighted by Crippen LogP contribution is 2.29. The average Bonchev–Trinajstić information content (AvgIpc) is 2.74. The minimum absolute atomic E-state index is 0.370. The molecule has 0 aliphatic heterocycles. The highest BCUT2D eigenvalue weighted by molar-refractivity contribution is 7.99. The first-order valence-electron chi connectivity index (χ1n) is 5.59. The van der Waals surface area contributed by atoms with E-state index in [2.05, 4.69) is 26.0 Å². The van der Waals surface area contributed by atoms with Crippen LogP contribution in [0.15, 0.2) is 40.6 Å². The Hall–Kier alpha value is -0.770. The summed E-state index contributed by atoms with van der Waals surface area (Å²) in [5.74, 6) is 0.711. The van der Waals surface area contributed by atoms with Crippen LogP contribution < -0.4 is 0 Å². The quantitative estimate of drug-likeness (QED) is 0.836. The van der Waals surface area contributed by atoms with E-state index in [1.807, 2.05) is 23.6 Å². The van der Waals surface area contributed by atoms with E-state index in [9.17, 15) is 5.11 Å². The zero-order valence-corrected chi connectivity index (χ0v) is 11.6. The van der Waals surface area contributed by atoms with Crippen LogP contribution in [0, 0.1) is 13.8 Å². The van der Waals surface area contributed by atoms with Gasteiger partial charge < -0.3 is 5.11 Å². The van der Waals surface area contributed by atoms with Crippen molar-refractivity contribution in [3.05, 3.63) is 51.7 Å². The minimum atomic E-state index is -0.370. The second-order valence-electron chi connectivity index (χ2n) is 4.02. The lowest BCUT2D eigenvalue weighted by atomic mass is 10.2. The second kappa shape index (κ2) is 5.71. The Morgan fingerprint density at radius 1 is 1.24 bits per heavy atom. The van der Waals surface area contributed by atoms with Crippen LogP contribution in [0.25, 0.3) is 0 Å². The van der Waals surface area contributed by atoms with E-state index < -0.39 is 0 Å². The molecule has 90 valence electrons. The monoisotopic (exact) mass is 264 g/mol. The largest absolute Gasteiger partial charge is 0.387 e. The molecule has 0 radical (unpaired) electrons. The maximum Gasteiger partial charge on any atom is 0.0894 e. The highest BCUT2D eigenvalue weighted by atomic mass is 32.2. The zero-order valence-electron chi connectivity index (χ0n) is 10.0. The van der Waals surface area contributed by atoms with Gasteiger partial charge in [-0.25, -0.2) is 0 Å². The molecule has 0 amide bonds. The Balaban J connectivity index is 2.00. The molecule has 0 fully saturated rings. The Bertz CT molecular complexity index is 490. The molecule has 2 rings (SSSR count). The fourth-order valence-corrected chi connectivity index (χ4v) is 3.46. The van der Waals surface area contributed by atoms with Gasteiger partial charge in [0, 0.05) is 15.5 Å². The third kappa shape index (κ3) is 3.12. The van der Waals surface area contributed by atoms with E-state index in [0.29, 0.717) is 5.75 Å². The lowest BCUT2D eigenvalue weighted by Crippen LogP contribution is -2.00. The molecule has 0 aliphatic carbocycles. The van der Waals surface area contributed by atoms with Crippen molar-refractivity contribution in [1.29, 1.82) is 0 Å². The highest BCUT2D eigenvalue weighted by Gasteiger charge is 2.12. The van der Waals surface area contributed by atoms with Gasteiger partial charge in [-0.3, -0.25) is 0 Å². The Morgan fingerprint density at radius 3 is 2.65 bits per heavy atom. The molecule has 1 heterocycles. The van der Waals surface area contributed by atoms with Gasteiger partial charge in [0.05, 0.1) is 6.10 Å². The second-order valence-corrected chi connectivity index (χ2v) is 6.21. The van der Waals surface area contributed by atoms with E-state index >= 15 is 0 Å². The minimum Gasteiger partial charge on any atom is -0.387 e. The van der Waals surface area contributed by atoms with Crippen LogP contribution in [-0.2, 0) is 0 Å². The van der Waals surface area contributed by atoms with E-state index in [0.717, 1.165) is 5.56 Å². The summed E-state index contributed by atoms with van der Waals surface area (Å²) in [4.78, 5) is 2.46. The summed E-state index contributed by atoms with van der Waals surface area (Å²) >= 11 is 3.41. The van der Waals surface area contributed by atoms with Crippen LogP contribution in [0.1, 0.15) is 22.1 Å². The molecule has 1 N–H and O–H groups in total. The number of thioether (sulfide) groups is 1. The van der Waals surface area contributed by atoms with E-state index in [1.165, 1.54) is 15.3 Å². The smallest absolute Gasteiger partial charge is 0.0894 e. The van der Waals surface area contributed by atoms with Gasteiger partial charge in [-0.15, -0.1) is 23.1 Å². The first-order valence-corrected chi connectivity index (χ1v) is 7.45.